The molecule has 0 radical (unpaired) electrons. The lowest BCUT2D eigenvalue weighted by atomic mass is 9.93. The van der Waals surface area contributed by atoms with Crippen molar-refractivity contribution in [3.8, 4) is 0 Å². The maximum Gasteiger partial charge on any atom is 0.224 e. The number of aromatic nitrogens is 4. The number of nitrogens with one attached hydrogen (secondary N) is 2. The van der Waals surface area contributed by atoms with Crippen molar-refractivity contribution in [1.29, 1.82) is 0 Å². The maximum atomic E-state index is 14.4. The van der Waals surface area contributed by atoms with Gasteiger partial charge < -0.3 is 20.5 Å². The van der Waals surface area contributed by atoms with Crippen LogP contribution in [0.1, 0.15) is 43.6 Å². The van der Waals surface area contributed by atoms with Crippen molar-refractivity contribution in [1.82, 2.24) is 19.5 Å². The van der Waals surface area contributed by atoms with Crippen LogP contribution < -0.4 is 10.6 Å². The third-order valence-electron chi connectivity index (χ3n) is 5.45. The van der Waals surface area contributed by atoms with E-state index in [-0.39, 0.29) is 29.3 Å². The first kappa shape index (κ1) is 16.7. The van der Waals surface area contributed by atoms with Gasteiger partial charge in [0.1, 0.15) is 17.0 Å². The topological polar surface area (TPSA) is 97.1 Å². The van der Waals surface area contributed by atoms with Crippen LogP contribution in [0.2, 0.25) is 0 Å². The lowest BCUT2D eigenvalue weighted by molar-refractivity contribution is 0.126. The summed E-state index contributed by atoms with van der Waals surface area (Å²) in [5.74, 6) is -3.94. The van der Waals surface area contributed by atoms with Gasteiger partial charge in [0.2, 0.25) is 11.9 Å². The highest BCUT2D eigenvalue weighted by atomic mass is 19.1. The van der Waals surface area contributed by atoms with Crippen LogP contribution in [0.3, 0.4) is 0 Å². The number of anilines is 3. The van der Waals surface area contributed by atoms with Crippen LogP contribution in [0.15, 0.2) is 18.3 Å². The lowest BCUT2D eigenvalue weighted by Gasteiger charge is -2.26. The minimum atomic E-state index is -2.69. The molecule has 0 spiro atoms. The highest BCUT2D eigenvalue weighted by molar-refractivity contribution is 5.76. The summed E-state index contributed by atoms with van der Waals surface area (Å²) < 4.78 is 82.1. The Kier molecular flexibility index (Phi) is 4.45. The molecule has 2 fully saturated rings. The van der Waals surface area contributed by atoms with Crippen LogP contribution >= 0.6 is 0 Å². The van der Waals surface area contributed by atoms with E-state index in [1.807, 2.05) is 0 Å². The van der Waals surface area contributed by atoms with Gasteiger partial charge in [-0.2, -0.15) is 4.98 Å². The van der Waals surface area contributed by atoms with Crippen molar-refractivity contribution in [2.24, 2.45) is 0 Å². The number of imidazole rings is 1. The summed E-state index contributed by atoms with van der Waals surface area (Å²) in [6, 6.07) is -1.57. The highest BCUT2D eigenvalue weighted by Crippen LogP contribution is 2.32. The average Bonchev–Trinajstić information content (AvgIpc) is 3.27. The zero-order valence-electron chi connectivity index (χ0n) is 20.8. The molecule has 1 aromatic carbocycles. The van der Waals surface area contributed by atoms with Crippen LogP contribution in [0.25, 0.3) is 11.2 Å². The molecule has 0 bridgehead atoms. The minimum Gasteiger partial charge on any atom is -0.393 e. The Morgan fingerprint density at radius 3 is 2.59 bits per heavy atom. The second kappa shape index (κ2) is 8.55. The molecule has 11 heteroatoms. The number of fused-ring (bicyclic) bond motifs is 1. The van der Waals surface area contributed by atoms with Crippen molar-refractivity contribution in [2.75, 3.05) is 23.8 Å². The molecule has 0 amide bonds. The first-order chi connectivity index (χ1) is 17.0. The molecule has 2 aromatic heterocycles. The highest BCUT2D eigenvalue weighted by Gasteiger charge is 2.27. The van der Waals surface area contributed by atoms with E-state index in [1.165, 1.54) is 6.20 Å². The van der Waals surface area contributed by atoms with E-state index in [1.54, 1.807) is 0 Å². The van der Waals surface area contributed by atoms with Crippen LogP contribution in [-0.4, -0.2) is 49.9 Å². The number of nitrogens with zero attached hydrogens (tertiary/aromatic N) is 4. The molecule has 8 nitrogen and oxygen atoms in total. The number of hydrogen-bond acceptors (Lipinski definition) is 7. The van der Waals surface area contributed by atoms with Crippen molar-refractivity contribution >= 4 is 28.7 Å². The number of rotatable bonds is 5. The normalized spacial score (nSPS) is 31.6. The molecule has 1 aliphatic heterocycles. The third-order valence-corrected chi connectivity index (χ3v) is 5.45. The molecule has 2 atom stereocenters. The Morgan fingerprint density at radius 2 is 1.91 bits per heavy atom. The number of halogens is 3. The second-order valence-corrected chi connectivity index (χ2v) is 7.69. The zero-order valence-corrected chi connectivity index (χ0v) is 16.8. The molecule has 1 saturated carbocycles. The van der Waals surface area contributed by atoms with Gasteiger partial charge in [-0.15, -0.1) is 0 Å². The summed E-state index contributed by atoms with van der Waals surface area (Å²) >= 11 is 0. The van der Waals surface area contributed by atoms with Gasteiger partial charge in [-0.3, -0.25) is 4.57 Å². The van der Waals surface area contributed by atoms with Gasteiger partial charge in [0.05, 0.1) is 29.0 Å². The molecule has 32 heavy (non-hydrogen) atoms. The van der Waals surface area contributed by atoms with E-state index in [4.69, 9.17) is 10.2 Å². The predicted octanol–water partition coefficient (Wildman–Crippen LogP) is 3.66. The van der Waals surface area contributed by atoms with Gasteiger partial charge in [0.15, 0.2) is 17.3 Å². The Hall–Kier alpha value is -2.92. The first-order valence-electron chi connectivity index (χ1n) is 12.3. The van der Waals surface area contributed by atoms with Crippen molar-refractivity contribution in [3.05, 3.63) is 35.8 Å². The van der Waals surface area contributed by atoms with E-state index in [2.05, 4.69) is 25.6 Å². The Morgan fingerprint density at radius 1 is 1.16 bits per heavy atom. The summed E-state index contributed by atoms with van der Waals surface area (Å²) in [6.45, 7) is -3.11. The van der Waals surface area contributed by atoms with E-state index in [0.717, 1.165) is 4.57 Å². The minimum absolute atomic E-state index is 0.0302. The molecular formula is C21H23F3N6O2. The Balaban J connectivity index is 1.63. The van der Waals surface area contributed by atoms with Gasteiger partial charge in [-0.25, -0.2) is 23.1 Å². The SMILES string of the molecule is [2H]C1COC([2H])([2H])C1([2H])n1c(Nc2c(F)cc(F)cc2F)nc2cnc(NC3CCC(O)CC3)nc21. The van der Waals surface area contributed by atoms with Gasteiger partial charge in [0, 0.05) is 26.2 Å². The number of ether oxygens (including phenoxy) is 1. The van der Waals surface area contributed by atoms with Gasteiger partial charge in [0.25, 0.3) is 0 Å². The fourth-order valence-electron chi connectivity index (χ4n) is 3.85. The van der Waals surface area contributed by atoms with Gasteiger partial charge in [-0.05, 0) is 32.1 Å². The molecular weight excluding hydrogens is 425 g/mol. The fourth-order valence-corrected chi connectivity index (χ4v) is 3.85. The van der Waals surface area contributed by atoms with Gasteiger partial charge in [-0.1, -0.05) is 0 Å². The lowest BCUT2D eigenvalue weighted by Crippen LogP contribution is -2.29. The molecule has 1 aliphatic carbocycles. The molecule has 5 rings (SSSR count). The van der Waals surface area contributed by atoms with E-state index in [9.17, 15) is 18.3 Å². The first-order valence-corrected chi connectivity index (χ1v) is 10.2. The molecule has 3 aromatic rings. The van der Waals surface area contributed by atoms with Crippen LogP contribution in [0, 0.1) is 17.5 Å². The predicted molar refractivity (Wildman–Crippen MR) is 111 cm³/mol. The molecule has 2 unspecified atom stereocenters. The molecule has 170 valence electrons. The van der Waals surface area contributed by atoms with E-state index >= 15 is 0 Å². The van der Waals surface area contributed by atoms with Crippen LogP contribution in [-0.2, 0) is 4.74 Å². The molecule has 1 saturated heterocycles. The van der Waals surface area contributed by atoms with E-state index < -0.39 is 54.7 Å². The Bertz CT molecular complexity index is 1280. The molecule has 3 heterocycles. The molecule has 3 N–H and O–H groups in total. The number of aliphatic hydroxyl groups excluding tert-OH is 1. The summed E-state index contributed by atoms with van der Waals surface area (Å²) in [5, 5.41) is 15.3. The number of hydrogen-bond donors (Lipinski definition) is 3. The monoisotopic (exact) mass is 452 g/mol. The molecule has 2 aliphatic rings. The Labute approximate surface area is 187 Å². The van der Waals surface area contributed by atoms with Crippen LogP contribution in [0.4, 0.5) is 30.8 Å². The number of benzene rings is 1. The zero-order chi connectivity index (χ0) is 25.8. The average molecular weight is 452 g/mol. The maximum absolute atomic E-state index is 14.4. The second-order valence-electron chi connectivity index (χ2n) is 7.69. The van der Waals surface area contributed by atoms with Crippen molar-refractivity contribution < 1.29 is 28.5 Å². The summed E-state index contributed by atoms with van der Waals surface area (Å²) in [7, 11) is 0. The summed E-state index contributed by atoms with van der Waals surface area (Å²) in [5.41, 5.74) is -0.786. The third kappa shape index (κ3) is 4.09. The standard InChI is InChI=1S/C21H23F3N6O2/c22-11-7-15(23)18(16(24)8-11)28-21-27-17-9-25-20(26-12-1-3-14(31)4-2-12)29-19(17)30(21)13-5-6-32-10-13/h7-9,12-14,31H,1-6,10H2,(H,27,28)(H,25,26,29)/i5D,10D2,13D. The van der Waals surface area contributed by atoms with Crippen molar-refractivity contribution in [3.63, 3.8) is 0 Å². The summed E-state index contributed by atoms with van der Waals surface area (Å²) in [4.78, 5) is 12.8. The van der Waals surface area contributed by atoms with Gasteiger partial charge >= 0.3 is 0 Å². The summed E-state index contributed by atoms with van der Waals surface area (Å²) in [6.07, 6.45) is 2.03. The quantitative estimate of drug-likeness (QED) is 0.544. The van der Waals surface area contributed by atoms with Crippen LogP contribution in [0.5, 0.6) is 0 Å². The van der Waals surface area contributed by atoms with Crippen molar-refractivity contribution in [2.45, 2.75) is 50.2 Å². The van der Waals surface area contributed by atoms with E-state index in [0.29, 0.717) is 37.8 Å². The largest absolute Gasteiger partial charge is 0.393 e. The smallest absolute Gasteiger partial charge is 0.224 e. The fraction of sp³-hybridized carbons (Fsp3) is 0.476. The number of aliphatic hydroxyl groups is 1.